The summed E-state index contributed by atoms with van der Waals surface area (Å²) in [6.45, 7) is 9.20. The van der Waals surface area contributed by atoms with Crippen molar-refractivity contribution < 1.29 is 24.0 Å². The van der Waals surface area contributed by atoms with Gasteiger partial charge in [0.15, 0.2) is 5.82 Å². The zero-order valence-corrected chi connectivity index (χ0v) is 29.4. The van der Waals surface area contributed by atoms with E-state index in [1.54, 1.807) is 12.3 Å². The normalized spacial score (nSPS) is 22.6. The molecule has 5 rings (SSSR count). The molecule has 5 amide bonds. The van der Waals surface area contributed by atoms with E-state index in [-0.39, 0.29) is 61.3 Å². The number of hydrogen-bond acceptors (Lipinski definition) is 9. The van der Waals surface area contributed by atoms with Gasteiger partial charge in [-0.1, -0.05) is 58.0 Å². The Kier molecular flexibility index (Phi) is 11.4. The molecule has 14 nitrogen and oxygen atoms in total. The third-order valence-corrected chi connectivity index (χ3v) is 9.56. The van der Waals surface area contributed by atoms with Gasteiger partial charge in [-0.3, -0.25) is 24.0 Å². The molecule has 0 aliphatic carbocycles. The molecule has 1 fully saturated rings. The van der Waals surface area contributed by atoms with Crippen LogP contribution in [0.1, 0.15) is 91.7 Å². The van der Waals surface area contributed by atoms with Crippen LogP contribution in [0.5, 0.6) is 0 Å². The van der Waals surface area contributed by atoms with E-state index in [4.69, 9.17) is 0 Å². The van der Waals surface area contributed by atoms with Crippen LogP contribution in [0.2, 0.25) is 0 Å². The Balaban J connectivity index is 1.54. The fourth-order valence-electron chi connectivity index (χ4n) is 6.09. The van der Waals surface area contributed by atoms with Crippen LogP contribution in [0.4, 0.5) is 0 Å². The number of thiazole rings is 1. The number of rotatable bonds is 6. The largest absolute Gasteiger partial charge is 0.350 e. The van der Waals surface area contributed by atoms with E-state index in [0.29, 0.717) is 35.9 Å². The molecule has 1 saturated heterocycles. The van der Waals surface area contributed by atoms with E-state index in [1.807, 2.05) is 58.0 Å². The van der Waals surface area contributed by atoms with Crippen molar-refractivity contribution in [1.29, 1.82) is 0 Å². The van der Waals surface area contributed by atoms with Crippen LogP contribution in [-0.4, -0.2) is 79.4 Å². The molecule has 3 aromatic rings. The molecule has 2 aliphatic heterocycles. The predicted molar refractivity (Wildman–Crippen MR) is 182 cm³/mol. The molecule has 49 heavy (non-hydrogen) atoms. The second-order valence-corrected chi connectivity index (χ2v) is 14.4. The molecule has 4 heterocycles. The second-order valence-electron chi connectivity index (χ2n) is 13.5. The quantitative estimate of drug-likeness (QED) is 0.304. The Bertz CT molecular complexity index is 1670. The first-order chi connectivity index (χ1) is 23.4. The lowest BCUT2D eigenvalue weighted by atomic mass is 10.0. The van der Waals surface area contributed by atoms with Crippen LogP contribution in [-0.2, 0) is 32.1 Å². The topological polar surface area (TPSA) is 180 Å². The molecule has 4 atom stereocenters. The van der Waals surface area contributed by atoms with Gasteiger partial charge in [-0.2, -0.15) is 5.10 Å². The van der Waals surface area contributed by atoms with Gasteiger partial charge < -0.3 is 26.2 Å². The number of nitrogens with one attached hydrogen (secondary N) is 4. The molecule has 2 bridgehead atoms. The first-order valence-electron chi connectivity index (χ1n) is 16.7. The molecule has 2 aliphatic rings. The van der Waals surface area contributed by atoms with Crippen molar-refractivity contribution in [3.8, 4) is 0 Å². The molecular formula is C34H45N9O5S. The van der Waals surface area contributed by atoms with Gasteiger partial charge in [0.05, 0.1) is 18.6 Å². The fourth-order valence-corrected chi connectivity index (χ4v) is 6.96. The molecule has 1 aromatic carbocycles. The first-order valence-corrected chi connectivity index (χ1v) is 17.6. The van der Waals surface area contributed by atoms with Crippen molar-refractivity contribution in [2.24, 2.45) is 11.8 Å². The number of fused-ring (bicyclic) bond motifs is 3. The minimum atomic E-state index is -0.754. The summed E-state index contributed by atoms with van der Waals surface area (Å²) in [7, 11) is 0. The summed E-state index contributed by atoms with van der Waals surface area (Å²) < 4.78 is 1.49. The summed E-state index contributed by atoms with van der Waals surface area (Å²) in [5.41, 5.74) is 1.14. The average molecular weight is 692 g/mol. The van der Waals surface area contributed by atoms with Gasteiger partial charge in [-0.25, -0.2) is 14.6 Å². The van der Waals surface area contributed by atoms with Crippen molar-refractivity contribution in [2.45, 2.75) is 91.0 Å². The maximum atomic E-state index is 13.8. The standard InChI is InChI=1S/C34H45N9O5S/c1-19(2)13-25-33-40-27(18-49-33)32(47)39-24(14-22-9-7-6-8-10-22)31-35-21(5)41-43(31)17-30(46)38-26(20(3)4)15-42(16-29(45)37-25)34(48)23-11-12-28(44)36-23/h6-10,18-20,23-26H,11-17H2,1-5H3,(H,36,44)(H,37,45)(H,38,46)(H,39,47)/t23-,24+,25+,26-/m1/s1. The van der Waals surface area contributed by atoms with E-state index in [0.717, 1.165) is 5.56 Å². The van der Waals surface area contributed by atoms with Crippen LogP contribution < -0.4 is 21.3 Å². The van der Waals surface area contributed by atoms with E-state index in [1.165, 1.54) is 20.9 Å². The highest BCUT2D eigenvalue weighted by molar-refractivity contribution is 7.09. The molecule has 15 heteroatoms. The smallest absolute Gasteiger partial charge is 0.271 e. The lowest BCUT2D eigenvalue weighted by Crippen LogP contribution is -2.55. The van der Waals surface area contributed by atoms with Gasteiger partial charge in [-0.05, 0) is 43.6 Å². The Morgan fingerprint density at radius 1 is 0.918 bits per heavy atom. The van der Waals surface area contributed by atoms with Gasteiger partial charge in [0.25, 0.3) is 5.91 Å². The van der Waals surface area contributed by atoms with Crippen LogP contribution in [0.15, 0.2) is 35.7 Å². The van der Waals surface area contributed by atoms with Gasteiger partial charge >= 0.3 is 0 Å². The summed E-state index contributed by atoms with van der Waals surface area (Å²) >= 11 is 1.28. The van der Waals surface area contributed by atoms with Crippen molar-refractivity contribution >= 4 is 40.9 Å². The Hall–Kier alpha value is -4.66. The summed E-state index contributed by atoms with van der Waals surface area (Å²) in [5.74, 6) is -0.893. The Morgan fingerprint density at radius 2 is 1.65 bits per heavy atom. The van der Waals surface area contributed by atoms with Crippen molar-refractivity contribution in [3.63, 3.8) is 0 Å². The molecule has 4 N–H and O–H groups in total. The van der Waals surface area contributed by atoms with Gasteiger partial charge in [0.1, 0.15) is 29.1 Å². The van der Waals surface area contributed by atoms with Crippen molar-refractivity contribution in [1.82, 2.24) is 45.9 Å². The monoisotopic (exact) mass is 691 g/mol. The SMILES string of the molecule is Cc1nc2n(n1)CC(=O)N[C@@H](C(C)C)CN(C(=O)[C@H]1CCC(=O)N1)CC(=O)N[C@@H](CC(C)C)c1nc(cs1)C(=O)N[C@H]2Cc1ccccc1. The predicted octanol–water partition coefficient (Wildman–Crippen LogP) is 2.22. The van der Waals surface area contributed by atoms with Crippen LogP contribution in [0, 0.1) is 18.8 Å². The molecule has 262 valence electrons. The van der Waals surface area contributed by atoms with Gasteiger partial charge in [0, 0.05) is 24.4 Å². The van der Waals surface area contributed by atoms with E-state index >= 15 is 0 Å². The van der Waals surface area contributed by atoms with Gasteiger partial charge in [-0.15, -0.1) is 11.3 Å². The minimum absolute atomic E-state index is 0.0498. The molecule has 0 unspecified atom stereocenters. The lowest BCUT2D eigenvalue weighted by molar-refractivity contribution is -0.139. The van der Waals surface area contributed by atoms with Crippen molar-refractivity contribution in [2.75, 3.05) is 13.1 Å². The third-order valence-electron chi connectivity index (χ3n) is 8.60. The summed E-state index contributed by atoms with van der Waals surface area (Å²) in [6.07, 6.45) is 1.49. The highest BCUT2D eigenvalue weighted by Crippen LogP contribution is 2.26. The third kappa shape index (κ3) is 9.28. The number of hydrogen-bond donors (Lipinski definition) is 4. The minimum Gasteiger partial charge on any atom is -0.350 e. The zero-order valence-electron chi connectivity index (χ0n) is 28.6. The number of amides is 5. The average Bonchev–Trinajstić information content (AvgIpc) is 3.79. The number of carbonyl (C=O) groups is 5. The lowest BCUT2D eigenvalue weighted by Gasteiger charge is -2.32. The summed E-state index contributed by atoms with van der Waals surface area (Å²) in [5, 5.41) is 18.6. The molecule has 0 radical (unpaired) electrons. The van der Waals surface area contributed by atoms with Crippen molar-refractivity contribution in [3.05, 3.63) is 63.6 Å². The summed E-state index contributed by atoms with van der Waals surface area (Å²) in [4.78, 5) is 77.5. The van der Waals surface area contributed by atoms with Crippen LogP contribution in [0.25, 0.3) is 0 Å². The van der Waals surface area contributed by atoms with E-state index < -0.39 is 36.0 Å². The van der Waals surface area contributed by atoms with Gasteiger partial charge in [0.2, 0.25) is 23.6 Å². The zero-order chi connectivity index (χ0) is 35.2. The Morgan fingerprint density at radius 3 is 2.33 bits per heavy atom. The maximum Gasteiger partial charge on any atom is 0.271 e. The highest BCUT2D eigenvalue weighted by atomic mass is 32.1. The molecule has 2 aromatic heterocycles. The number of carbonyl (C=O) groups excluding carboxylic acids is 5. The van der Waals surface area contributed by atoms with Crippen LogP contribution >= 0.6 is 11.3 Å². The molecular weight excluding hydrogens is 646 g/mol. The summed E-state index contributed by atoms with van der Waals surface area (Å²) in [6, 6.07) is 7.22. The Labute approximate surface area is 289 Å². The second kappa shape index (κ2) is 15.7. The van der Waals surface area contributed by atoms with E-state index in [2.05, 4.69) is 36.3 Å². The number of aryl methyl sites for hydroxylation is 1. The molecule has 0 saturated carbocycles. The number of aromatic nitrogens is 4. The van der Waals surface area contributed by atoms with E-state index in [9.17, 15) is 24.0 Å². The molecule has 0 spiro atoms. The maximum absolute atomic E-state index is 13.8. The fraction of sp³-hybridized carbons (Fsp3) is 0.529. The van der Waals surface area contributed by atoms with Crippen LogP contribution in [0.3, 0.4) is 0 Å². The number of nitrogens with zero attached hydrogens (tertiary/aromatic N) is 5. The first kappa shape index (κ1) is 35.6. The number of benzene rings is 1. The highest BCUT2D eigenvalue weighted by Gasteiger charge is 2.35.